The number of anilines is 1. The van der Waals surface area contributed by atoms with E-state index in [0.29, 0.717) is 0 Å². The lowest BCUT2D eigenvalue weighted by molar-refractivity contribution is 0.412. The van der Waals surface area contributed by atoms with Crippen molar-refractivity contribution in [3.8, 4) is 0 Å². The average Bonchev–Trinajstić information content (AvgIpc) is 2.44. The molecule has 0 bridgehead atoms. The maximum absolute atomic E-state index is 4.62. The lowest BCUT2D eigenvalue weighted by Crippen LogP contribution is -2.34. The quantitative estimate of drug-likeness (QED) is 0.666. The minimum Gasteiger partial charge on any atom is -0.355 e. The van der Waals surface area contributed by atoms with E-state index in [-0.39, 0.29) is 0 Å². The van der Waals surface area contributed by atoms with Crippen LogP contribution >= 0.6 is 0 Å². The van der Waals surface area contributed by atoms with Gasteiger partial charge in [0, 0.05) is 37.9 Å². The van der Waals surface area contributed by atoms with E-state index in [2.05, 4.69) is 54.1 Å². The topological polar surface area (TPSA) is 31.4 Å². The van der Waals surface area contributed by atoms with Gasteiger partial charge in [0.25, 0.3) is 0 Å². The number of nitrogens with one attached hydrogen (secondary N) is 1. The van der Waals surface area contributed by atoms with Crippen molar-refractivity contribution in [3.63, 3.8) is 0 Å². The van der Waals surface area contributed by atoms with Gasteiger partial charge in [0.05, 0.1) is 0 Å². The molecule has 1 N–H and O–H groups in total. The monoisotopic (exact) mass is 278 g/mol. The van der Waals surface area contributed by atoms with E-state index in [4.69, 9.17) is 0 Å². The van der Waals surface area contributed by atoms with E-state index in [1.165, 1.54) is 5.56 Å². The van der Waals surface area contributed by atoms with Gasteiger partial charge < -0.3 is 15.1 Å². The summed E-state index contributed by atoms with van der Waals surface area (Å²) >= 11 is 0. The minimum atomic E-state index is 0.902. The summed E-state index contributed by atoms with van der Waals surface area (Å²) in [7, 11) is 4.23. The number of nitrogens with zero attached hydrogens (tertiary/aromatic N) is 3. The van der Waals surface area contributed by atoms with Crippen molar-refractivity contribution in [1.82, 2.24) is 15.2 Å². The zero-order valence-electron chi connectivity index (χ0n) is 13.5. The maximum atomic E-state index is 4.62. The molecule has 0 saturated heterocycles. The smallest absolute Gasteiger partial charge is 0.133 e. The van der Waals surface area contributed by atoms with Gasteiger partial charge in [-0.2, -0.15) is 0 Å². The SMILES string of the molecule is CCCNCc1cccnc1N(CCC)CCN(C)C. The highest BCUT2D eigenvalue weighted by Gasteiger charge is 2.11. The van der Waals surface area contributed by atoms with Crippen molar-refractivity contribution in [1.29, 1.82) is 0 Å². The zero-order valence-corrected chi connectivity index (χ0v) is 13.5. The first-order chi connectivity index (χ1) is 9.69. The Balaban J connectivity index is 2.77. The number of pyridine rings is 1. The standard InChI is InChI=1S/C16H30N4/c1-5-9-17-14-15-8-7-10-18-16(15)20(11-6-2)13-12-19(3)4/h7-8,10,17H,5-6,9,11-14H2,1-4H3. The van der Waals surface area contributed by atoms with E-state index in [0.717, 1.165) is 51.4 Å². The molecule has 0 fully saturated rings. The summed E-state index contributed by atoms with van der Waals surface area (Å²) in [6.07, 6.45) is 4.21. The predicted octanol–water partition coefficient (Wildman–Crippen LogP) is 2.36. The second kappa shape index (κ2) is 9.72. The summed E-state index contributed by atoms with van der Waals surface area (Å²) in [5, 5.41) is 3.48. The Morgan fingerprint density at radius 2 is 1.90 bits per heavy atom. The molecule has 4 nitrogen and oxygen atoms in total. The van der Waals surface area contributed by atoms with E-state index in [9.17, 15) is 0 Å². The summed E-state index contributed by atoms with van der Waals surface area (Å²) in [4.78, 5) is 9.25. The fourth-order valence-corrected chi connectivity index (χ4v) is 2.17. The highest BCUT2D eigenvalue weighted by molar-refractivity contribution is 5.46. The van der Waals surface area contributed by atoms with E-state index in [1.807, 2.05) is 12.3 Å². The van der Waals surface area contributed by atoms with Crippen LogP contribution in [0.3, 0.4) is 0 Å². The molecule has 4 heteroatoms. The number of hydrogen-bond donors (Lipinski definition) is 1. The Bertz CT molecular complexity index is 365. The van der Waals surface area contributed by atoms with Gasteiger partial charge in [0.15, 0.2) is 0 Å². The normalized spacial score (nSPS) is 11.1. The van der Waals surface area contributed by atoms with Crippen LogP contribution in [0.1, 0.15) is 32.3 Å². The Morgan fingerprint density at radius 3 is 2.55 bits per heavy atom. The second-order valence-corrected chi connectivity index (χ2v) is 5.45. The van der Waals surface area contributed by atoms with Crippen LogP contribution in [-0.4, -0.2) is 50.2 Å². The number of hydrogen-bond acceptors (Lipinski definition) is 4. The van der Waals surface area contributed by atoms with Crippen molar-refractivity contribution < 1.29 is 0 Å². The van der Waals surface area contributed by atoms with Crippen LogP contribution in [0.4, 0.5) is 5.82 Å². The fraction of sp³-hybridized carbons (Fsp3) is 0.688. The highest BCUT2D eigenvalue weighted by atomic mass is 15.2. The predicted molar refractivity (Wildman–Crippen MR) is 87.3 cm³/mol. The Hall–Kier alpha value is -1.13. The van der Waals surface area contributed by atoms with Crippen molar-refractivity contribution in [3.05, 3.63) is 23.9 Å². The van der Waals surface area contributed by atoms with Crippen LogP contribution in [0.15, 0.2) is 18.3 Å². The molecule has 1 aromatic rings. The Labute approximate surface area is 124 Å². The molecule has 1 heterocycles. The molecule has 0 radical (unpaired) electrons. The Morgan fingerprint density at radius 1 is 1.10 bits per heavy atom. The molecule has 0 aliphatic carbocycles. The van der Waals surface area contributed by atoms with Crippen molar-refractivity contribution in [2.75, 3.05) is 45.2 Å². The molecule has 0 unspecified atom stereocenters. The molecular weight excluding hydrogens is 248 g/mol. The third kappa shape index (κ3) is 5.88. The Kier molecular flexibility index (Phi) is 8.23. The molecule has 114 valence electrons. The van der Waals surface area contributed by atoms with Gasteiger partial charge in [-0.05, 0) is 39.5 Å². The summed E-state index contributed by atoms with van der Waals surface area (Å²) in [5.74, 6) is 1.14. The largest absolute Gasteiger partial charge is 0.355 e. The van der Waals surface area contributed by atoms with Gasteiger partial charge in [-0.3, -0.25) is 0 Å². The molecule has 20 heavy (non-hydrogen) atoms. The third-order valence-corrected chi connectivity index (χ3v) is 3.22. The molecule has 0 atom stereocenters. The summed E-state index contributed by atoms with van der Waals surface area (Å²) < 4.78 is 0. The summed E-state index contributed by atoms with van der Waals surface area (Å²) in [5.41, 5.74) is 1.30. The third-order valence-electron chi connectivity index (χ3n) is 3.22. The molecule has 0 aromatic carbocycles. The van der Waals surface area contributed by atoms with Gasteiger partial charge in [-0.15, -0.1) is 0 Å². The van der Waals surface area contributed by atoms with E-state index < -0.39 is 0 Å². The zero-order chi connectivity index (χ0) is 14.8. The van der Waals surface area contributed by atoms with E-state index in [1.54, 1.807) is 0 Å². The van der Waals surface area contributed by atoms with Gasteiger partial charge in [-0.25, -0.2) is 4.98 Å². The minimum absolute atomic E-state index is 0.902. The van der Waals surface area contributed by atoms with E-state index >= 15 is 0 Å². The summed E-state index contributed by atoms with van der Waals surface area (Å²) in [6, 6.07) is 4.21. The molecule has 0 aliphatic heterocycles. The first-order valence-corrected chi connectivity index (χ1v) is 7.73. The van der Waals surface area contributed by atoms with Gasteiger partial charge in [0.1, 0.15) is 5.82 Å². The molecule has 1 aromatic heterocycles. The number of likely N-dealkylation sites (N-methyl/N-ethyl adjacent to an activating group) is 1. The highest BCUT2D eigenvalue weighted by Crippen LogP contribution is 2.17. The molecule has 0 spiro atoms. The summed E-state index contributed by atoms with van der Waals surface area (Å²) in [6.45, 7) is 9.51. The molecule has 1 rings (SSSR count). The maximum Gasteiger partial charge on any atom is 0.133 e. The first kappa shape index (κ1) is 16.9. The van der Waals surface area contributed by atoms with Gasteiger partial charge >= 0.3 is 0 Å². The number of aromatic nitrogens is 1. The fourth-order valence-electron chi connectivity index (χ4n) is 2.17. The van der Waals surface area contributed by atoms with Crippen LogP contribution < -0.4 is 10.2 Å². The van der Waals surface area contributed by atoms with Crippen LogP contribution in [0.25, 0.3) is 0 Å². The number of rotatable bonds is 10. The van der Waals surface area contributed by atoms with Crippen LogP contribution in [0.2, 0.25) is 0 Å². The van der Waals surface area contributed by atoms with Crippen LogP contribution in [0, 0.1) is 0 Å². The lowest BCUT2D eigenvalue weighted by atomic mass is 10.2. The molecule has 0 saturated carbocycles. The second-order valence-electron chi connectivity index (χ2n) is 5.45. The lowest BCUT2D eigenvalue weighted by Gasteiger charge is -2.27. The van der Waals surface area contributed by atoms with Crippen molar-refractivity contribution >= 4 is 5.82 Å². The average molecular weight is 278 g/mol. The van der Waals surface area contributed by atoms with Crippen molar-refractivity contribution in [2.24, 2.45) is 0 Å². The molecule has 0 amide bonds. The molecular formula is C16H30N4. The van der Waals surface area contributed by atoms with Crippen LogP contribution in [-0.2, 0) is 6.54 Å². The van der Waals surface area contributed by atoms with Gasteiger partial charge in [-0.1, -0.05) is 19.9 Å². The van der Waals surface area contributed by atoms with Crippen molar-refractivity contribution in [2.45, 2.75) is 33.2 Å². The first-order valence-electron chi connectivity index (χ1n) is 7.73. The van der Waals surface area contributed by atoms with Gasteiger partial charge in [0.2, 0.25) is 0 Å². The molecule has 0 aliphatic rings. The van der Waals surface area contributed by atoms with Crippen LogP contribution in [0.5, 0.6) is 0 Å².